The molecule has 0 fully saturated rings. The zero-order valence-corrected chi connectivity index (χ0v) is 9.94. The number of aryl methyl sites for hydroxylation is 2. The molecule has 2 aromatic rings. The van der Waals surface area contributed by atoms with Crippen molar-refractivity contribution in [2.75, 3.05) is 11.9 Å². The Balaban J connectivity index is 2.32. The van der Waals surface area contributed by atoms with E-state index in [1.807, 2.05) is 37.1 Å². The van der Waals surface area contributed by atoms with Crippen molar-refractivity contribution in [1.82, 2.24) is 19.3 Å². The lowest BCUT2D eigenvalue weighted by Gasteiger charge is -2.06. The first-order valence-electron chi connectivity index (χ1n) is 5.49. The van der Waals surface area contributed by atoms with Crippen LogP contribution in [0, 0.1) is 6.92 Å². The van der Waals surface area contributed by atoms with E-state index >= 15 is 0 Å². The molecule has 2 aromatic heterocycles. The topological polar surface area (TPSA) is 47.7 Å². The Kier molecular flexibility index (Phi) is 2.94. The number of imidazole rings is 1. The Hall–Kier alpha value is -1.78. The van der Waals surface area contributed by atoms with Gasteiger partial charge in [0.15, 0.2) is 0 Å². The largest absolute Gasteiger partial charge is 0.355 e. The van der Waals surface area contributed by atoms with Gasteiger partial charge >= 0.3 is 0 Å². The van der Waals surface area contributed by atoms with Crippen molar-refractivity contribution in [3.8, 4) is 5.69 Å². The number of nitrogens with zero attached hydrogens (tertiary/aromatic N) is 4. The fourth-order valence-corrected chi connectivity index (χ4v) is 1.59. The number of hydrogen-bond acceptors (Lipinski definition) is 3. The number of anilines is 1. The molecule has 0 atom stereocenters. The van der Waals surface area contributed by atoms with Crippen LogP contribution in [0.3, 0.4) is 0 Å². The molecular formula is C11H17N5. The summed E-state index contributed by atoms with van der Waals surface area (Å²) in [6.07, 6.45) is 6.89. The summed E-state index contributed by atoms with van der Waals surface area (Å²) in [5.74, 6) is 0.882. The first-order valence-corrected chi connectivity index (χ1v) is 5.49. The zero-order chi connectivity index (χ0) is 11.5. The highest BCUT2D eigenvalue weighted by atomic mass is 15.3. The van der Waals surface area contributed by atoms with Crippen molar-refractivity contribution in [3.63, 3.8) is 0 Å². The predicted molar refractivity (Wildman–Crippen MR) is 63.8 cm³/mol. The van der Waals surface area contributed by atoms with Gasteiger partial charge in [-0.3, -0.25) is 9.25 Å². The molecule has 0 aliphatic heterocycles. The Morgan fingerprint density at radius 2 is 2.19 bits per heavy atom. The summed E-state index contributed by atoms with van der Waals surface area (Å²) in [5, 5.41) is 7.47. The Morgan fingerprint density at radius 1 is 1.38 bits per heavy atom. The number of hydrogen-bond donors (Lipinski definition) is 1. The molecule has 5 heteroatoms. The quantitative estimate of drug-likeness (QED) is 0.852. The minimum atomic E-state index is 0.882. The molecule has 0 unspecified atom stereocenters. The molecule has 0 aliphatic rings. The fourth-order valence-electron chi connectivity index (χ4n) is 1.59. The lowest BCUT2D eigenvalue weighted by Crippen LogP contribution is -2.06. The molecule has 2 rings (SSSR count). The monoisotopic (exact) mass is 219 g/mol. The normalized spacial score (nSPS) is 10.7. The first-order chi connectivity index (χ1) is 7.70. The Labute approximate surface area is 95.1 Å². The first kappa shape index (κ1) is 10.7. The van der Waals surface area contributed by atoms with E-state index in [1.165, 1.54) is 0 Å². The number of nitrogens with one attached hydrogen (secondary N) is 1. The second-order valence-corrected chi connectivity index (χ2v) is 3.87. The summed E-state index contributed by atoms with van der Waals surface area (Å²) in [4.78, 5) is 4.45. The highest BCUT2D eigenvalue weighted by molar-refractivity contribution is 5.40. The highest BCUT2D eigenvalue weighted by Crippen LogP contribution is 2.15. The van der Waals surface area contributed by atoms with E-state index in [9.17, 15) is 0 Å². The van der Waals surface area contributed by atoms with Crippen molar-refractivity contribution < 1.29 is 0 Å². The van der Waals surface area contributed by atoms with Crippen LogP contribution in [0.25, 0.3) is 5.69 Å². The van der Waals surface area contributed by atoms with Crippen molar-refractivity contribution in [2.45, 2.75) is 20.3 Å². The fraction of sp³-hybridized carbons (Fsp3) is 0.455. The van der Waals surface area contributed by atoms with Gasteiger partial charge in [0.2, 0.25) is 5.95 Å². The molecule has 0 aliphatic carbocycles. The molecule has 0 spiro atoms. The summed E-state index contributed by atoms with van der Waals surface area (Å²) >= 11 is 0. The average molecular weight is 219 g/mol. The van der Waals surface area contributed by atoms with Gasteiger partial charge in [-0.15, -0.1) is 0 Å². The second kappa shape index (κ2) is 4.38. The summed E-state index contributed by atoms with van der Waals surface area (Å²) in [6, 6.07) is 0. The molecule has 86 valence electrons. The molecule has 0 aromatic carbocycles. The van der Waals surface area contributed by atoms with Gasteiger partial charge in [-0.1, -0.05) is 6.92 Å². The summed E-state index contributed by atoms with van der Waals surface area (Å²) < 4.78 is 3.81. The lowest BCUT2D eigenvalue weighted by atomic mass is 10.5. The van der Waals surface area contributed by atoms with Crippen LogP contribution in [-0.4, -0.2) is 25.9 Å². The summed E-state index contributed by atoms with van der Waals surface area (Å²) in [5.41, 5.74) is 2.03. The maximum Gasteiger partial charge on any atom is 0.207 e. The molecule has 0 radical (unpaired) electrons. The second-order valence-electron chi connectivity index (χ2n) is 3.87. The molecule has 5 nitrogen and oxygen atoms in total. The third-order valence-electron chi connectivity index (χ3n) is 2.33. The van der Waals surface area contributed by atoms with Crippen LogP contribution in [0.4, 0.5) is 5.95 Å². The molecule has 0 bridgehead atoms. The predicted octanol–water partition coefficient (Wildman–Crippen LogP) is 1.74. The zero-order valence-electron chi connectivity index (χ0n) is 9.94. The maximum absolute atomic E-state index is 4.45. The molecule has 0 saturated heterocycles. The van der Waals surface area contributed by atoms with E-state index in [2.05, 4.69) is 22.3 Å². The molecule has 1 N–H and O–H groups in total. The van der Waals surface area contributed by atoms with Gasteiger partial charge in [0.05, 0.1) is 17.6 Å². The molecule has 16 heavy (non-hydrogen) atoms. The van der Waals surface area contributed by atoms with Crippen LogP contribution in [0.2, 0.25) is 0 Å². The van der Waals surface area contributed by atoms with Gasteiger partial charge in [0, 0.05) is 26.0 Å². The van der Waals surface area contributed by atoms with Crippen LogP contribution in [0.15, 0.2) is 18.6 Å². The van der Waals surface area contributed by atoms with E-state index in [4.69, 9.17) is 0 Å². The summed E-state index contributed by atoms with van der Waals surface area (Å²) in [7, 11) is 1.91. The SMILES string of the molecule is CCCNc1nc(C)cn1-c1cnn(C)c1. The van der Waals surface area contributed by atoms with Gasteiger partial charge < -0.3 is 5.32 Å². The van der Waals surface area contributed by atoms with Gasteiger partial charge in [-0.25, -0.2) is 4.98 Å². The van der Waals surface area contributed by atoms with Gasteiger partial charge in [-0.05, 0) is 13.3 Å². The van der Waals surface area contributed by atoms with Crippen molar-refractivity contribution in [2.24, 2.45) is 7.05 Å². The third kappa shape index (κ3) is 2.08. The van der Waals surface area contributed by atoms with Crippen LogP contribution < -0.4 is 5.32 Å². The van der Waals surface area contributed by atoms with Gasteiger partial charge in [0.1, 0.15) is 0 Å². The van der Waals surface area contributed by atoms with E-state index in [-0.39, 0.29) is 0 Å². The van der Waals surface area contributed by atoms with E-state index in [1.54, 1.807) is 4.68 Å². The molecule has 0 saturated carbocycles. The van der Waals surface area contributed by atoms with Crippen LogP contribution in [0.1, 0.15) is 19.0 Å². The van der Waals surface area contributed by atoms with Crippen molar-refractivity contribution >= 4 is 5.95 Å². The minimum Gasteiger partial charge on any atom is -0.355 e. The standard InChI is InChI=1S/C11H17N5/c1-4-5-12-11-14-9(2)7-16(11)10-6-13-15(3)8-10/h6-8H,4-5H2,1-3H3,(H,12,14). The minimum absolute atomic E-state index is 0.882. The molecular weight excluding hydrogens is 202 g/mol. The van der Waals surface area contributed by atoms with E-state index < -0.39 is 0 Å². The van der Waals surface area contributed by atoms with Crippen LogP contribution in [0.5, 0.6) is 0 Å². The summed E-state index contributed by atoms with van der Waals surface area (Å²) in [6.45, 7) is 5.05. The molecule has 2 heterocycles. The average Bonchev–Trinajstić information content (AvgIpc) is 2.81. The van der Waals surface area contributed by atoms with Crippen molar-refractivity contribution in [1.29, 1.82) is 0 Å². The van der Waals surface area contributed by atoms with Crippen molar-refractivity contribution in [3.05, 3.63) is 24.3 Å². The van der Waals surface area contributed by atoms with Gasteiger partial charge in [-0.2, -0.15) is 5.10 Å². The highest BCUT2D eigenvalue weighted by Gasteiger charge is 2.07. The maximum atomic E-state index is 4.45. The van der Waals surface area contributed by atoms with E-state index in [0.29, 0.717) is 0 Å². The van der Waals surface area contributed by atoms with Gasteiger partial charge in [0.25, 0.3) is 0 Å². The number of rotatable bonds is 4. The number of aromatic nitrogens is 4. The van der Waals surface area contributed by atoms with Crippen LogP contribution >= 0.6 is 0 Å². The van der Waals surface area contributed by atoms with E-state index in [0.717, 1.165) is 30.3 Å². The lowest BCUT2D eigenvalue weighted by molar-refractivity contribution is 0.767. The third-order valence-corrected chi connectivity index (χ3v) is 2.33. The molecule has 0 amide bonds. The Morgan fingerprint density at radius 3 is 2.81 bits per heavy atom. The smallest absolute Gasteiger partial charge is 0.207 e. The van der Waals surface area contributed by atoms with Crippen LogP contribution in [-0.2, 0) is 7.05 Å². The Bertz CT molecular complexity index is 468.